The van der Waals surface area contributed by atoms with E-state index in [9.17, 15) is 9.59 Å². The highest BCUT2D eigenvalue weighted by Crippen LogP contribution is 2.23. The lowest BCUT2D eigenvalue weighted by Gasteiger charge is -2.15. The van der Waals surface area contributed by atoms with Gasteiger partial charge in [0.05, 0.1) is 11.1 Å². The quantitative estimate of drug-likeness (QED) is 0.825. The lowest BCUT2D eigenvalue weighted by molar-refractivity contribution is -0.129. The van der Waals surface area contributed by atoms with Crippen molar-refractivity contribution < 1.29 is 14.3 Å². The highest BCUT2D eigenvalue weighted by molar-refractivity contribution is 6.04. The molecule has 24 heavy (non-hydrogen) atoms. The van der Waals surface area contributed by atoms with Crippen LogP contribution in [0, 0.1) is 0 Å². The average molecular weight is 328 g/mol. The van der Waals surface area contributed by atoms with Crippen molar-refractivity contribution in [1.82, 2.24) is 10.3 Å². The molecule has 1 atom stereocenters. The summed E-state index contributed by atoms with van der Waals surface area (Å²) in [5.74, 6) is -0.603. The molecule has 0 spiro atoms. The van der Waals surface area contributed by atoms with Crippen LogP contribution in [0.15, 0.2) is 30.3 Å². The van der Waals surface area contributed by atoms with Crippen LogP contribution in [-0.2, 0) is 9.53 Å². The first-order chi connectivity index (χ1) is 11.4. The molecule has 2 aromatic rings. The Kier molecular flexibility index (Phi) is 5.90. The van der Waals surface area contributed by atoms with Crippen LogP contribution < -0.4 is 5.32 Å². The molecule has 1 unspecified atom stereocenters. The number of benzene rings is 1. The molecule has 128 valence electrons. The summed E-state index contributed by atoms with van der Waals surface area (Å²) in [5.41, 5.74) is 2.02. The first kappa shape index (κ1) is 17.9. The summed E-state index contributed by atoms with van der Waals surface area (Å²) in [6, 6.07) is 9.20. The van der Waals surface area contributed by atoms with Gasteiger partial charge in [0.1, 0.15) is 0 Å². The van der Waals surface area contributed by atoms with Crippen molar-refractivity contribution in [1.29, 1.82) is 0 Å². The van der Waals surface area contributed by atoms with Gasteiger partial charge in [-0.2, -0.15) is 0 Å². The molecule has 1 amide bonds. The highest BCUT2D eigenvalue weighted by atomic mass is 16.5. The molecule has 1 aromatic heterocycles. The van der Waals surface area contributed by atoms with E-state index in [4.69, 9.17) is 4.74 Å². The summed E-state index contributed by atoms with van der Waals surface area (Å²) in [6.45, 7) is 8.15. The molecular formula is C19H24N2O3. The van der Waals surface area contributed by atoms with E-state index >= 15 is 0 Å². The largest absolute Gasteiger partial charge is 0.449 e. The number of amides is 1. The molecule has 0 saturated carbocycles. The van der Waals surface area contributed by atoms with Gasteiger partial charge in [-0.3, -0.25) is 9.78 Å². The van der Waals surface area contributed by atoms with Gasteiger partial charge in [0.2, 0.25) is 0 Å². The Bertz CT molecular complexity index is 740. The Morgan fingerprint density at radius 1 is 1.21 bits per heavy atom. The van der Waals surface area contributed by atoms with E-state index in [0.717, 1.165) is 23.0 Å². The van der Waals surface area contributed by atoms with E-state index in [1.807, 2.05) is 45.0 Å². The van der Waals surface area contributed by atoms with Gasteiger partial charge in [-0.1, -0.05) is 39.0 Å². The molecule has 0 aliphatic heterocycles. The summed E-state index contributed by atoms with van der Waals surface area (Å²) >= 11 is 0. The Balaban J connectivity index is 2.30. The molecule has 0 fully saturated rings. The Morgan fingerprint density at radius 3 is 2.58 bits per heavy atom. The molecule has 5 heteroatoms. The zero-order valence-corrected chi connectivity index (χ0v) is 14.6. The second-order valence-electron chi connectivity index (χ2n) is 6.11. The van der Waals surface area contributed by atoms with E-state index in [2.05, 4.69) is 10.3 Å². The molecule has 0 aliphatic carbocycles. The number of nitrogens with one attached hydrogen (secondary N) is 1. The van der Waals surface area contributed by atoms with Gasteiger partial charge in [-0.15, -0.1) is 0 Å². The second-order valence-corrected chi connectivity index (χ2v) is 6.11. The predicted octanol–water partition coefficient (Wildman–Crippen LogP) is 3.43. The number of nitrogens with zero attached hydrogens (tertiary/aromatic N) is 1. The summed E-state index contributed by atoms with van der Waals surface area (Å²) in [4.78, 5) is 29.1. The van der Waals surface area contributed by atoms with Gasteiger partial charge in [0.25, 0.3) is 5.91 Å². The van der Waals surface area contributed by atoms with Crippen LogP contribution in [0.25, 0.3) is 10.9 Å². The number of fused-ring (bicyclic) bond motifs is 1. The van der Waals surface area contributed by atoms with Crippen molar-refractivity contribution in [3.05, 3.63) is 41.6 Å². The molecule has 1 heterocycles. The molecule has 1 aromatic carbocycles. The van der Waals surface area contributed by atoms with Gasteiger partial charge >= 0.3 is 5.97 Å². The van der Waals surface area contributed by atoms with Crippen LogP contribution in [0.4, 0.5) is 0 Å². The van der Waals surface area contributed by atoms with Crippen LogP contribution in [-0.4, -0.2) is 29.5 Å². The molecule has 5 nitrogen and oxygen atoms in total. The summed E-state index contributed by atoms with van der Waals surface area (Å²) < 4.78 is 5.36. The number of rotatable bonds is 6. The topological polar surface area (TPSA) is 68.3 Å². The zero-order valence-electron chi connectivity index (χ0n) is 14.6. The van der Waals surface area contributed by atoms with Gasteiger partial charge in [0, 0.05) is 17.6 Å². The summed E-state index contributed by atoms with van der Waals surface area (Å²) in [7, 11) is 0. The fraction of sp³-hybridized carbons (Fsp3) is 0.421. The van der Waals surface area contributed by atoms with Crippen LogP contribution >= 0.6 is 0 Å². The van der Waals surface area contributed by atoms with Gasteiger partial charge in [-0.05, 0) is 31.4 Å². The number of hydrogen-bond acceptors (Lipinski definition) is 4. The standard InChI is InChI=1S/C19H24N2O3/c1-5-10-20-18(22)13(4)24-19(23)15-11-17(12(2)3)21-16-9-7-6-8-14(15)16/h6-9,11-13H,5,10H2,1-4H3,(H,20,22). The third-order valence-electron chi connectivity index (χ3n) is 3.75. The summed E-state index contributed by atoms with van der Waals surface area (Å²) in [5, 5.41) is 3.46. The van der Waals surface area contributed by atoms with Crippen LogP contribution in [0.1, 0.15) is 56.1 Å². The molecule has 0 radical (unpaired) electrons. The molecule has 0 saturated heterocycles. The highest BCUT2D eigenvalue weighted by Gasteiger charge is 2.21. The maximum absolute atomic E-state index is 12.6. The van der Waals surface area contributed by atoms with Crippen LogP contribution in [0.5, 0.6) is 0 Å². The molecule has 2 rings (SSSR count). The van der Waals surface area contributed by atoms with Crippen molar-refractivity contribution in [3.63, 3.8) is 0 Å². The number of hydrogen-bond donors (Lipinski definition) is 1. The number of para-hydroxylation sites is 1. The minimum Gasteiger partial charge on any atom is -0.449 e. The Morgan fingerprint density at radius 2 is 1.92 bits per heavy atom. The molecular weight excluding hydrogens is 304 g/mol. The summed E-state index contributed by atoms with van der Waals surface area (Å²) in [6.07, 6.45) is -0.00226. The Hall–Kier alpha value is -2.43. The second kappa shape index (κ2) is 7.90. The molecule has 0 aliphatic rings. The van der Waals surface area contributed by atoms with Crippen molar-refractivity contribution in [2.45, 2.75) is 46.1 Å². The third kappa shape index (κ3) is 4.10. The number of pyridine rings is 1. The molecule has 1 N–H and O–H groups in total. The first-order valence-corrected chi connectivity index (χ1v) is 8.32. The van der Waals surface area contributed by atoms with Crippen molar-refractivity contribution >= 4 is 22.8 Å². The number of carbonyl (C=O) groups excluding carboxylic acids is 2. The zero-order chi connectivity index (χ0) is 17.7. The first-order valence-electron chi connectivity index (χ1n) is 8.32. The van der Waals surface area contributed by atoms with Crippen LogP contribution in [0.2, 0.25) is 0 Å². The van der Waals surface area contributed by atoms with E-state index < -0.39 is 12.1 Å². The van der Waals surface area contributed by atoms with Crippen molar-refractivity contribution in [2.75, 3.05) is 6.54 Å². The maximum atomic E-state index is 12.6. The lowest BCUT2D eigenvalue weighted by atomic mass is 10.0. The number of aromatic nitrogens is 1. The monoisotopic (exact) mass is 328 g/mol. The van der Waals surface area contributed by atoms with Crippen LogP contribution in [0.3, 0.4) is 0 Å². The van der Waals surface area contributed by atoms with Crippen molar-refractivity contribution in [2.24, 2.45) is 0 Å². The smallest absolute Gasteiger partial charge is 0.339 e. The molecule has 0 bridgehead atoms. The lowest BCUT2D eigenvalue weighted by Crippen LogP contribution is -2.36. The van der Waals surface area contributed by atoms with Crippen molar-refractivity contribution in [3.8, 4) is 0 Å². The van der Waals surface area contributed by atoms with E-state index in [-0.39, 0.29) is 11.8 Å². The SMILES string of the molecule is CCCNC(=O)C(C)OC(=O)c1cc(C(C)C)nc2ccccc12. The number of ether oxygens (including phenoxy) is 1. The normalized spacial score (nSPS) is 12.2. The Labute approximate surface area is 142 Å². The van der Waals surface area contributed by atoms with E-state index in [1.165, 1.54) is 0 Å². The van der Waals surface area contributed by atoms with E-state index in [1.54, 1.807) is 13.0 Å². The number of esters is 1. The minimum atomic E-state index is -0.835. The van der Waals surface area contributed by atoms with Gasteiger partial charge in [0.15, 0.2) is 6.10 Å². The van der Waals surface area contributed by atoms with E-state index in [0.29, 0.717) is 12.1 Å². The predicted molar refractivity (Wildman–Crippen MR) is 94.0 cm³/mol. The average Bonchev–Trinajstić information content (AvgIpc) is 2.58. The number of carbonyl (C=O) groups is 2. The minimum absolute atomic E-state index is 0.187. The maximum Gasteiger partial charge on any atom is 0.339 e. The fourth-order valence-corrected chi connectivity index (χ4v) is 2.33. The van der Waals surface area contributed by atoms with Gasteiger partial charge < -0.3 is 10.1 Å². The van der Waals surface area contributed by atoms with Gasteiger partial charge in [-0.25, -0.2) is 4.79 Å². The third-order valence-corrected chi connectivity index (χ3v) is 3.75. The fourth-order valence-electron chi connectivity index (χ4n) is 2.33.